The van der Waals surface area contributed by atoms with Crippen LogP contribution in [0, 0.1) is 0 Å². The average molecular weight is 616 g/mol. The van der Waals surface area contributed by atoms with Gasteiger partial charge in [-0.3, -0.25) is 0 Å². The number of hydrogen-bond donors (Lipinski definition) is 1. The minimum Gasteiger partial charge on any atom is -0.456 e. The monoisotopic (exact) mass is 615 g/mol. The van der Waals surface area contributed by atoms with Crippen LogP contribution < -0.4 is 5.46 Å². The smallest absolute Gasteiger partial charge is 0.313 e. The van der Waals surface area contributed by atoms with Crippen molar-refractivity contribution in [3.63, 3.8) is 0 Å². The van der Waals surface area contributed by atoms with E-state index in [0.29, 0.717) is 7.48 Å². The summed E-state index contributed by atoms with van der Waals surface area (Å²) in [5.41, 5.74) is 11.6. The van der Waals surface area contributed by atoms with Crippen molar-refractivity contribution < 1.29 is 14.2 Å². The lowest BCUT2D eigenvalue weighted by atomic mass is 9.81. The van der Waals surface area contributed by atoms with E-state index in [-0.39, 0.29) is 0 Å². The van der Waals surface area contributed by atoms with Gasteiger partial charge in [0, 0.05) is 22.0 Å². The number of fused-ring (bicyclic) bond motifs is 11. The van der Waals surface area contributed by atoms with Gasteiger partial charge >= 0.3 is 7.48 Å². The van der Waals surface area contributed by atoms with Crippen LogP contribution in [0.4, 0.5) is 0 Å². The average Bonchev–Trinajstić information content (AvgIpc) is 3.62. The van der Waals surface area contributed by atoms with Gasteiger partial charge in [0.2, 0.25) is 0 Å². The third-order valence-electron chi connectivity index (χ3n) is 11.0. The number of allylic oxidation sites excluding steroid dienone is 1. The van der Waals surface area contributed by atoms with Gasteiger partial charge in [-0.15, -0.1) is 0 Å². The zero-order valence-electron chi connectivity index (χ0n) is 27.5. The molecule has 2 heterocycles. The Balaban J connectivity index is 1.37. The van der Waals surface area contributed by atoms with Crippen LogP contribution in [-0.4, -0.2) is 28.4 Å². The number of rotatable bonds is 5. The van der Waals surface area contributed by atoms with Crippen LogP contribution in [0.5, 0.6) is 0 Å². The van der Waals surface area contributed by atoms with E-state index in [0.717, 1.165) is 64.2 Å². The lowest BCUT2D eigenvalue weighted by Crippen LogP contribution is -2.49. The Hall–Kier alpha value is -4.58. The molecule has 0 fully saturated rings. The van der Waals surface area contributed by atoms with Gasteiger partial charge in [-0.2, -0.15) is 0 Å². The summed E-state index contributed by atoms with van der Waals surface area (Å²) >= 11 is 0. The molecule has 7 aromatic rings. The zero-order chi connectivity index (χ0) is 32.1. The van der Waals surface area contributed by atoms with Crippen molar-refractivity contribution in [2.45, 2.75) is 64.6 Å². The standard InChI is InChI=1S/C42H38BNO3/c1-41(2,45)42(3,4)47-43-32-19-22-35(39-31-23-27-13-5-6-14-28(27)24-36(31)46-40(32)39)44-33-20-17-25-11-7-9-15-29(25)37(33)38-30-16-10-8-12-26(30)18-21-34(38)44/h5-7,9-11,13-16,18-19,21-24,43,45H,8,12,17,20H2,1-4H3. The van der Waals surface area contributed by atoms with Crippen LogP contribution in [0.25, 0.3) is 66.5 Å². The van der Waals surface area contributed by atoms with E-state index in [9.17, 15) is 5.11 Å². The first-order chi connectivity index (χ1) is 22.7. The van der Waals surface area contributed by atoms with Gasteiger partial charge in [-0.05, 0) is 116 Å². The van der Waals surface area contributed by atoms with Crippen molar-refractivity contribution in [1.82, 2.24) is 4.57 Å². The summed E-state index contributed by atoms with van der Waals surface area (Å²) in [6.07, 6.45) is 8.81. The highest BCUT2D eigenvalue weighted by atomic mass is 16.5. The molecule has 0 unspecified atom stereocenters. The van der Waals surface area contributed by atoms with Gasteiger partial charge in [0.05, 0.1) is 27.8 Å². The number of aryl methyl sites for hydroxylation is 2. The molecule has 0 aliphatic heterocycles. The Morgan fingerprint density at radius 3 is 2.43 bits per heavy atom. The van der Waals surface area contributed by atoms with E-state index < -0.39 is 11.2 Å². The Morgan fingerprint density at radius 1 is 0.809 bits per heavy atom. The van der Waals surface area contributed by atoms with E-state index in [2.05, 4.69) is 102 Å². The second-order valence-electron chi connectivity index (χ2n) is 14.4. The zero-order valence-corrected chi connectivity index (χ0v) is 27.5. The van der Waals surface area contributed by atoms with Crippen LogP contribution in [0.3, 0.4) is 0 Å². The fourth-order valence-corrected chi connectivity index (χ4v) is 7.72. The number of hydrogen-bond acceptors (Lipinski definition) is 3. The predicted octanol–water partition coefficient (Wildman–Crippen LogP) is 8.95. The summed E-state index contributed by atoms with van der Waals surface area (Å²) in [7, 11) is 0.323. The maximum Gasteiger partial charge on any atom is 0.313 e. The second-order valence-corrected chi connectivity index (χ2v) is 14.4. The SMILES string of the molecule is CC(C)(O)C(C)(C)OBc1ccc(-n2c3c(c4c5c(ccc42)CCC=C5)-c2ccccc2CC3)c2c1oc1cc3ccccc3cc12. The number of nitrogens with zero attached hydrogens (tertiary/aromatic N) is 1. The largest absolute Gasteiger partial charge is 0.456 e. The molecule has 2 aliphatic rings. The van der Waals surface area contributed by atoms with Crippen molar-refractivity contribution in [2.24, 2.45) is 0 Å². The fourth-order valence-electron chi connectivity index (χ4n) is 7.72. The molecule has 2 aromatic heterocycles. The quantitative estimate of drug-likeness (QED) is 0.197. The number of aliphatic hydroxyl groups is 1. The maximum absolute atomic E-state index is 10.8. The Bertz CT molecular complexity index is 2440. The molecule has 1 N–H and O–H groups in total. The molecule has 0 saturated carbocycles. The topological polar surface area (TPSA) is 47.5 Å². The molecule has 5 aromatic carbocycles. The van der Waals surface area contributed by atoms with E-state index in [1.165, 1.54) is 49.8 Å². The molecule has 0 atom stereocenters. The van der Waals surface area contributed by atoms with Crippen molar-refractivity contribution in [3.8, 4) is 16.8 Å². The molecule has 47 heavy (non-hydrogen) atoms. The maximum atomic E-state index is 10.8. The summed E-state index contributed by atoms with van der Waals surface area (Å²) in [6.45, 7) is 7.47. The second kappa shape index (κ2) is 10.2. The molecular formula is C42H38BNO3. The molecule has 0 spiro atoms. The number of aromatic nitrogens is 1. The number of furan rings is 1. The van der Waals surface area contributed by atoms with Gasteiger partial charge in [-0.1, -0.05) is 72.8 Å². The van der Waals surface area contributed by atoms with Crippen molar-refractivity contribution in [2.75, 3.05) is 0 Å². The molecular weight excluding hydrogens is 577 g/mol. The molecule has 4 nitrogen and oxygen atoms in total. The summed E-state index contributed by atoms with van der Waals surface area (Å²) in [5.74, 6) is 0. The first-order valence-corrected chi connectivity index (χ1v) is 16.9. The van der Waals surface area contributed by atoms with Gasteiger partial charge < -0.3 is 18.7 Å². The Kier molecular flexibility index (Phi) is 6.22. The van der Waals surface area contributed by atoms with Gasteiger partial charge in [0.1, 0.15) is 11.2 Å². The summed E-state index contributed by atoms with van der Waals surface area (Å²) < 4.78 is 15.8. The van der Waals surface area contributed by atoms with Gasteiger partial charge in [-0.25, -0.2) is 0 Å². The third-order valence-corrected chi connectivity index (χ3v) is 11.0. The van der Waals surface area contributed by atoms with Crippen LogP contribution in [0.2, 0.25) is 0 Å². The number of benzene rings is 5. The van der Waals surface area contributed by atoms with Crippen LogP contribution in [0.1, 0.15) is 56.5 Å². The highest BCUT2D eigenvalue weighted by Gasteiger charge is 2.36. The lowest BCUT2D eigenvalue weighted by Gasteiger charge is -2.37. The van der Waals surface area contributed by atoms with Crippen LogP contribution in [0.15, 0.2) is 95.4 Å². The lowest BCUT2D eigenvalue weighted by molar-refractivity contribution is -0.0893. The van der Waals surface area contributed by atoms with E-state index in [1.54, 1.807) is 13.8 Å². The minimum absolute atomic E-state index is 0.323. The summed E-state index contributed by atoms with van der Waals surface area (Å²) in [4.78, 5) is 0. The first kappa shape index (κ1) is 28.6. The predicted molar refractivity (Wildman–Crippen MR) is 197 cm³/mol. The molecule has 232 valence electrons. The van der Waals surface area contributed by atoms with Gasteiger partial charge in [0.15, 0.2) is 0 Å². The summed E-state index contributed by atoms with van der Waals surface area (Å²) in [6, 6.07) is 31.0. The fraction of sp³-hybridized carbons (Fsp3) is 0.238. The Labute approximate surface area is 275 Å². The Morgan fingerprint density at radius 2 is 1.60 bits per heavy atom. The molecule has 0 bridgehead atoms. The van der Waals surface area contributed by atoms with Gasteiger partial charge in [0.25, 0.3) is 0 Å². The highest BCUT2D eigenvalue weighted by molar-refractivity contribution is 6.51. The van der Waals surface area contributed by atoms with E-state index in [1.807, 2.05) is 13.8 Å². The van der Waals surface area contributed by atoms with E-state index in [4.69, 9.17) is 9.07 Å². The molecule has 0 radical (unpaired) electrons. The normalized spacial score (nSPS) is 14.6. The van der Waals surface area contributed by atoms with Crippen molar-refractivity contribution in [3.05, 3.63) is 113 Å². The highest BCUT2D eigenvalue weighted by Crippen LogP contribution is 2.47. The van der Waals surface area contributed by atoms with Crippen molar-refractivity contribution >= 4 is 62.6 Å². The molecule has 2 aliphatic carbocycles. The molecule has 0 saturated heterocycles. The molecule has 0 amide bonds. The molecule has 5 heteroatoms. The summed E-state index contributed by atoms with van der Waals surface area (Å²) in [5, 5.41) is 16.7. The third kappa shape index (κ3) is 4.30. The van der Waals surface area contributed by atoms with E-state index >= 15 is 0 Å². The molecule has 9 rings (SSSR count). The van der Waals surface area contributed by atoms with Crippen molar-refractivity contribution in [1.29, 1.82) is 0 Å². The first-order valence-electron chi connectivity index (χ1n) is 16.9. The minimum atomic E-state index is -1.01. The van der Waals surface area contributed by atoms with Crippen LogP contribution in [-0.2, 0) is 23.9 Å². The van der Waals surface area contributed by atoms with Crippen LogP contribution >= 0.6 is 0 Å².